The van der Waals surface area contributed by atoms with Crippen LogP contribution in [0.1, 0.15) is 66.7 Å². The number of ketones is 1. The largest absolute Gasteiger partial charge is 0.299 e. The van der Waals surface area contributed by atoms with Crippen LogP contribution in [0.5, 0.6) is 0 Å². The molecule has 1 aliphatic rings. The predicted octanol–water partition coefficient (Wildman–Crippen LogP) is 5.57. The van der Waals surface area contributed by atoms with Gasteiger partial charge in [0.1, 0.15) is 5.78 Å². The molecule has 0 spiro atoms. The van der Waals surface area contributed by atoms with Crippen LogP contribution in [0.3, 0.4) is 0 Å². The van der Waals surface area contributed by atoms with Gasteiger partial charge < -0.3 is 0 Å². The van der Waals surface area contributed by atoms with Crippen molar-refractivity contribution < 1.29 is 4.79 Å². The van der Waals surface area contributed by atoms with Gasteiger partial charge in [0.2, 0.25) is 0 Å². The average Bonchev–Trinajstić information content (AvgIpc) is 2.42. The molecule has 3 unspecified atom stereocenters. The van der Waals surface area contributed by atoms with E-state index in [-0.39, 0.29) is 5.92 Å². The molecule has 0 amide bonds. The molecule has 1 aliphatic carbocycles. The standard InChI is InChI=1S/C16H26O.C2H6/c1-13-10-8-6-4-5-7-9-11-14(2)15(3)16(17)12-13;1-2/h8-11,13-15H,4-7,12H2,1-3H3;1-2H3/b10-8?,11-9+;. The highest BCUT2D eigenvalue weighted by Crippen LogP contribution is 2.19. The third kappa shape index (κ3) is 8.02. The van der Waals surface area contributed by atoms with Gasteiger partial charge in [0, 0.05) is 12.3 Å². The Balaban J connectivity index is 0.00000154. The van der Waals surface area contributed by atoms with E-state index in [2.05, 4.69) is 45.1 Å². The SMILES string of the molecule is CC.CC1C=CCCCC/C=C/C(C)C(C)C(=O)C1. The van der Waals surface area contributed by atoms with E-state index in [9.17, 15) is 4.79 Å². The fourth-order valence-corrected chi connectivity index (χ4v) is 2.19. The van der Waals surface area contributed by atoms with E-state index in [1.165, 1.54) is 12.8 Å². The first-order valence-electron chi connectivity index (χ1n) is 7.97. The van der Waals surface area contributed by atoms with Crippen LogP contribution in [0.15, 0.2) is 24.3 Å². The van der Waals surface area contributed by atoms with Crippen LogP contribution in [0.2, 0.25) is 0 Å². The Labute approximate surface area is 120 Å². The van der Waals surface area contributed by atoms with Gasteiger partial charge in [-0.05, 0) is 37.5 Å². The van der Waals surface area contributed by atoms with E-state index in [1.807, 2.05) is 13.8 Å². The summed E-state index contributed by atoms with van der Waals surface area (Å²) in [6.45, 7) is 10.4. The van der Waals surface area contributed by atoms with E-state index in [0.717, 1.165) is 12.8 Å². The van der Waals surface area contributed by atoms with Gasteiger partial charge in [0.05, 0.1) is 0 Å². The molecule has 0 aromatic heterocycles. The summed E-state index contributed by atoms with van der Waals surface area (Å²) in [7, 11) is 0. The lowest BCUT2D eigenvalue weighted by Crippen LogP contribution is -2.19. The number of carbonyl (C=O) groups is 1. The zero-order valence-electron chi connectivity index (χ0n) is 13.5. The zero-order valence-corrected chi connectivity index (χ0v) is 13.5. The van der Waals surface area contributed by atoms with E-state index in [0.29, 0.717) is 24.0 Å². The number of rotatable bonds is 0. The van der Waals surface area contributed by atoms with Crippen molar-refractivity contribution in [3.05, 3.63) is 24.3 Å². The van der Waals surface area contributed by atoms with Crippen LogP contribution in [-0.2, 0) is 4.79 Å². The lowest BCUT2D eigenvalue weighted by atomic mass is 9.87. The second kappa shape index (κ2) is 11.0. The van der Waals surface area contributed by atoms with Crippen molar-refractivity contribution in [1.29, 1.82) is 0 Å². The molecule has 0 N–H and O–H groups in total. The molecule has 1 heteroatoms. The smallest absolute Gasteiger partial charge is 0.136 e. The Morgan fingerprint density at radius 2 is 1.47 bits per heavy atom. The van der Waals surface area contributed by atoms with E-state index in [4.69, 9.17) is 0 Å². The average molecular weight is 264 g/mol. The molecule has 1 nitrogen and oxygen atoms in total. The minimum Gasteiger partial charge on any atom is -0.299 e. The lowest BCUT2D eigenvalue weighted by Gasteiger charge is -2.16. The molecule has 110 valence electrons. The van der Waals surface area contributed by atoms with E-state index in [1.54, 1.807) is 0 Å². The summed E-state index contributed by atoms with van der Waals surface area (Å²) in [5, 5.41) is 0. The Morgan fingerprint density at radius 1 is 0.947 bits per heavy atom. The third-order valence-electron chi connectivity index (χ3n) is 3.72. The number of allylic oxidation sites excluding steroid dienone is 4. The third-order valence-corrected chi connectivity index (χ3v) is 3.72. The molecule has 0 aromatic carbocycles. The van der Waals surface area contributed by atoms with Crippen molar-refractivity contribution in [2.45, 2.75) is 66.7 Å². The van der Waals surface area contributed by atoms with Crippen molar-refractivity contribution in [3.63, 3.8) is 0 Å². The first-order valence-corrected chi connectivity index (χ1v) is 7.97. The maximum absolute atomic E-state index is 12.1. The van der Waals surface area contributed by atoms with Gasteiger partial charge in [-0.15, -0.1) is 0 Å². The Morgan fingerprint density at radius 3 is 2.05 bits per heavy atom. The fraction of sp³-hybridized carbons (Fsp3) is 0.722. The maximum atomic E-state index is 12.1. The minimum absolute atomic E-state index is 0.155. The molecule has 0 fully saturated rings. The van der Waals surface area contributed by atoms with Crippen LogP contribution in [0, 0.1) is 17.8 Å². The monoisotopic (exact) mass is 264 g/mol. The summed E-state index contributed by atoms with van der Waals surface area (Å²) in [6, 6.07) is 0. The van der Waals surface area contributed by atoms with Crippen LogP contribution in [0.4, 0.5) is 0 Å². The Kier molecular flexibility index (Phi) is 10.5. The molecule has 0 heterocycles. The van der Waals surface area contributed by atoms with Gasteiger partial charge in [-0.25, -0.2) is 0 Å². The van der Waals surface area contributed by atoms with E-state index < -0.39 is 0 Å². The maximum Gasteiger partial charge on any atom is 0.136 e. The van der Waals surface area contributed by atoms with E-state index >= 15 is 0 Å². The first-order chi connectivity index (χ1) is 9.11. The fourth-order valence-electron chi connectivity index (χ4n) is 2.19. The minimum atomic E-state index is 0.155. The summed E-state index contributed by atoms with van der Waals surface area (Å²) >= 11 is 0. The van der Waals surface area contributed by atoms with Gasteiger partial charge in [0.15, 0.2) is 0 Å². The highest BCUT2D eigenvalue weighted by atomic mass is 16.1. The van der Waals surface area contributed by atoms with Crippen molar-refractivity contribution in [3.8, 4) is 0 Å². The quantitative estimate of drug-likeness (QED) is 0.523. The molecular formula is C18H32O. The van der Waals surface area contributed by atoms with Crippen molar-refractivity contribution >= 4 is 5.78 Å². The van der Waals surface area contributed by atoms with Gasteiger partial charge in [-0.1, -0.05) is 58.9 Å². The normalized spacial score (nSPS) is 31.2. The molecule has 0 aliphatic heterocycles. The topological polar surface area (TPSA) is 17.1 Å². The highest BCUT2D eigenvalue weighted by molar-refractivity contribution is 5.81. The zero-order chi connectivity index (χ0) is 14.7. The summed E-state index contributed by atoms with van der Waals surface area (Å²) < 4.78 is 0. The second-order valence-corrected chi connectivity index (χ2v) is 5.44. The summed E-state index contributed by atoms with van der Waals surface area (Å²) in [5.74, 6) is 1.32. The summed E-state index contributed by atoms with van der Waals surface area (Å²) in [5.41, 5.74) is 0. The molecule has 0 saturated carbocycles. The molecule has 0 saturated heterocycles. The van der Waals surface area contributed by atoms with Crippen LogP contribution in [0.25, 0.3) is 0 Å². The van der Waals surface area contributed by atoms with Gasteiger partial charge in [-0.3, -0.25) is 4.79 Å². The molecule has 1 rings (SSSR count). The highest BCUT2D eigenvalue weighted by Gasteiger charge is 2.19. The Bertz CT molecular complexity index is 288. The molecule has 0 radical (unpaired) electrons. The summed E-state index contributed by atoms with van der Waals surface area (Å²) in [6.07, 6.45) is 14.4. The molecule has 0 aromatic rings. The van der Waals surface area contributed by atoms with Crippen molar-refractivity contribution in [1.82, 2.24) is 0 Å². The van der Waals surface area contributed by atoms with Crippen LogP contribution < -0.4 is 0 Å². The number of Topliss-reactive ketones (excluding diaryl/α,β-unsaturated/α-hetero) is 1. The van der Waals surface area contributed by atoms with Crippen molar-refractivity contribution in [2.24, 2.45) is 17.8 Å². The van der Waals surface area contributed by atoms with Crippen LogP contribution >= 0.6 is 0 Å². The van der Waals surface area contributed by atoms with Gasteiger partial charge >= 0.3 is 0 Å². The molecular weight excluding hydrogens is 232 g/mol. The second-order valence-electron chi connectivity index (χ2n) is 5.44. The van der Waals surface area contributed by atoms with Crippen molar-refractivity contribution in [2.75, 3.05) is 0 Å². The van der Waals surface area contributed by atoms with Gasteiger partial charge in [0.25, 0.3) is 0 Å². The molecule has 0 bridgehead atoms. The number of hydrogen-bond acceptors (Lipinski definition) is 1. The molecule has 3 atom stereocenters. The number of hydrogen-bond donors (Lipinski definition) is 0. The lowest BCUT2D eigenvalue weighted by molar-refractivity contribution is -0.123. The predicted molar refractivity (Wildman–Crippen MR) is 85.2 cm³/mol. The molecule has 19 heavy (non-hydrogen) atoms. The van der Waals surface area contributed by atoms with Gasteiger partial charge in [-0.2, -0.15) is 0 Å². The Hall–Kier alpha value is -0.850. The first kappa shape index (κ1) is 18.1. The summed E-state index contributed by atoms with van der Waals surface area (Å²) in [4.78, 5) is 12.1. The number of carbonyl (C=O) groups excluding carboxylic acids is 1. The van der Waals surface area contributed by atoms with Crippen LogP contribution in [-0.4, -0.2) is 5.78 Å².